The molecule has 2 aromatic rings. The first-order chi connectivity index (χ1) is 9.11. The molecule has 0 aliphatic heterocycles. The van der Waals surface area contributed by atoms with Crippen LogP contribution < -0.4 is 0 Å². The van der Waals surface area contributed by atoms with Gasteiger partial charge in [-0.3, -0.25) is 4.79 Å². The molecule has 98 valence electrons. The molecule has 0 saturated carbocycles. The number of imidazole rings is 1. The van der Waals surface area contributed by atoms with Crippen LogP contribution in [0.3, 0.4) is 0 Å². The number of carbonyl (C=O) groups is 1. The van der Waals surface area contributed by atoms with Gasteiger partial charge in [0, 0.05) is 26.2 Å². The summed E-state index contributed by atoms with van der Waals surface area (Å²) in [5, 5.41) is 2.76. The van der Waals surface area contributed by atoms with Crippen molar-refractivity contribution in [1.29, 1.82) is 0 Å². The van der Waals surface area contributed by atoms with Crippen molar-refractivity contribution >= 4 is 11.7 Å². The molecule has 1 aromatic carbocycles. The number of nitrogens with zero attached hydrogens (tertiary/aromatic N) is 4. The molecular weight excluding hydrogens is 244 g/mol. The molecule has 0 fully saturated rings. The fraction of sp³-hybridized carbons (Fsp3) is 0.231. The number of nitroso groups, excluding NO2 is 1. The standard InChI is InChI=1S/C13H14N4O2/c1-16(2)13(18)11-6-4-3-5-10(11)7-17-8-12(15-19)14-9-17/h3-6,8-9H,7H2,1-2H3. The lowest BCUT2D eigenvalue weighted by Crippen LogP contribution is -2.23. The maximum absolute atomic E-state index is 12.0. The molecule has 1 heterocycles. The van der Waals surface area contributed by atoms with Crippen LogP contribution in [-0.4, -0.2) is 34.5 Å². The first kappa shape index (κ1) is 12.9. The van der Waals surface area contributed by atoms with Gasteiger partial charge in [0.1, 0.15) is 0 Å². The fourth-order valence-corrected chi connectivity index (χ4v) is 1.79. The van der Waals surface area contributed by atoms with Crippen molar-refractivity contribution in [1.82, 2.24) is 14.5 Å². The normalized spacial score (nSPS) is 10.2. The molecule has 19 heavy (non-hydrogen) atoms. The molecule has 0 radical (unpaired) electrons. The number of hydrogen-bond donors (Lipinski definition) is 0. The zero-order valence-corrected chi connectivity index (χ0v) is 10.8. The number of aromatic nitrogens is 2. The van der Waals surface area contributed by atoms with E-state index in [0.29, 0.717) is 12.1 Å². The highest BCUT2D eigenvalue weighted by molar-refractivity contribution is 5.95. The molecule has 2 rings (SSSR count). The van der Waals surface area contributed by atoms with Crippen molar-refractivity contribution in [2.24, 2.45) is 5.18 Å². The third-order valence-corrected chi connectivity index (χ3v) is 2.72. The first-order valence-electron chi connectivity index (χ1n) is 5.76. The average Bonchev–Trinajstić information content (AvgIpc) is 2.86. The minimum Gasteiger partial charge on any atom is -0.345 e. The van der Waals surface area contributed by atoms with E-state index < -0.39 is 0 Å². The molecule has 6 nitrogen and oxygen atoms in total. The minimum atomic E-state index is -0.0514. The third kappa shape index (κ3) is 2.85. The van der Waals surface area contributed by atoms with Gasteiger partial charge in [-0.05, 0) is 16.8 Å². The highest BCUT2D eigenvalue weighted by Crippen LogP contribution is 2.14. The van der Waals surface area contributed by atoms with Gasteiger partial charge in [0.25, 0.3) is 5.91 Å². The van der Waals surface area contributed by atoms with Crippen LogP contribution in [0.25, 0.3) is 0 Å². The zero-order valence-electron chi connectivity index (χ0n) is 10.8. The number of benzene rings is 1. The number of amides is 1. The summed E-state index contributed by atoms with van der Waals surface area (Å²) in [4.78, 5) is 27.8. The Labute approximate surface area is 110 Å². The van der Waals surface area contributed by atoms with Crippen LogP contribution in [-0.2, 0) is 6.54 Å². The van der Waals surface area contributed by atoms with Crippen LogP contribution in [0.15, 0.2) is 42.0 Å². The molecule has 1 aromatic heterocycles. The lowest BCUT2D eigenvalue weighted by Gasteiger charge is -2.14. The second kappa shape index (κ2) is 5.43. The van der Waals surface area contributed by atoms with E-state index in [-0.39, 0.29) is 11.7 Å². The second-order valence-electron chi connectivity index (χ2n) is 4.35. The topological polar surface area (TPSA) is 67.6 Å². The van der Waals surface area contributed by atoms with E-state index >= 15 is 0 Å². The van der Waals surface area contributed by atoms with Crippen LogP contribution in [0.4, 0.5) is 5.82 Å². The predicted octanol–water partition coefficient (Wildman–Crippen LogP) is 2.03. The lowest BCUT2D eigenvalue weighted by molar-refractivity contribution is 0.0826. The van der Waals surface area contributed by atoms with E-state index in [2.05, 4.69) is 10.2 Å². The molecule has 0 aliphatic rings. The molecule has 0 spiro atoms. The van der Waals surface area contributed by atoms with E-state index in [1.807, 2.05) is 18.2 Å². The summed E-state index contributed by atoms with van der Waals surface area (Å²) in [6.07, 6.45) is 3.07. The zero-order chi connectivity index (χ0) is 13.8. The summed E-state index contributed by atoms with van der Waals surface area (Å²) in [6.45, 7) is 0.471. The summed E-state index contributed by atoms with van der Waals surface area (Å²) in [5.74, 6) is 0.0841. The van der Waals surface area contributed by atoms with E-state index in [1.165, 1.54) is 11.2 Å². The van der Waals surface area contributed by atoms with Crippen LogP contribution in [0.5, 0.6) is 0 Å². The monoisotopic (exact) mass is 258 g/mol. The molecule has 0 N–H and O–H groups in total. The molecule has 0 saturated heterocycles. The number of carbonyl (C=O) groups excluding carboxylic acids is 1. The van der Waals surface area contributed by atoms with E-state index in [1.54, 1.807) is 30.9 Å². The molecule has 0 unspecified atom stereocenters. The first-order valence-corrected chi connectivity index (χ1v) is 5.76. The van der Waals surface area contributed by atoms with Gasteiger partial charge in [0.15, 0.2) is 0 Å². The second-order valence-corrected chi connectivity index (χ2v) is 4.35. The van der Waals surface area contributed by atoms with Crippen molar-refractivity contribution in [3.05, 3.63) is 52.8 Å². The molecule has 6 heteroatoms. The van der Waals surface area contributed by atoms with Crippen molar-refractivity contribution in [2.75, 3.05) is 14.1 Å². The van der Waals surface area contributed by atoms with Gasteiger partial charge < -0.3 is 9.47 Å². The molecule has 0 aliphatic carbocycles. The predicted molar refractivity (Wildman–Crippen MR) is 71.2 cm³/mol. The van der Waals surface area contributed by atoms with Gasteiger partial charge in [0.05, 0.1) is 12.5 Å². The summed E-state index contributed by atoms with van der Waals surface area (Å²) < 4.78 is 1.72. The van der Waals surface area contributed by atoms with Gasteiger partial charge in [-0.1, -0.05) is 18.2 Å². The highest BCUT2D eigenvalue weighted by atomic mass is 16.3. The van der Waals surface area contributed by atoms with Crippen molar-refractivity contribution in [2.45, 2.75) is 6.54 Å². The quantitative estimate of drug-likeness (QED) is 0.788. The SMILES string of the molecule is CN(C)C(=O)c1ccccc1Cn1cnc(N=O)c1. The van der Waals surface area contributed by atoms with Crippen LogP contribution >= 0.6 is 0 Å². The van der Waals surface area contributed by atoms with Crippen LogP contribution in [0, 0.1) is 4.91 Å². The van der Waals surface area contributed by atoms with E-state index in [0.717, 1.165) is 5.56 Å². The largest absolute Gasteiger partial charge is 0.345 e. The Morgan fingerprint density at radius 3 is 2.74 bits per heavy atom. The van der Waals surface area contributed by atoms with Gasteiger partial charge in [-0.25, -0.2) is 4.98 Å². The Morgan fingerprint density at radius 1 is 1.37 bits per heavy atom. The summed E-state index contributed by atoms with van der Waals surface area (Å²) in [5.41, 5.74) is 1.51. The Balaban J connectivity index is 2.29. The maximum Gasteiger partial charge on any atom is 0.253 e. The van der Waals surface area contributed by atoms with E-state index in [4.69, 9.17) is 0 Å². The average molecular weight is 258 g/mol. The summed E-state index contributed by atoms with van der Waals surface area (Å²) in [6, 6.07) is 7.36. The van der Waals surface area contributed by atoms with Crippen LogP contribution in [0.1, 0.15) is 15.9 Å². The maximum atomic E-state index is 12.0. The highest BCUT2D eigenvalue weighted by Gasteiger charge is 2.13. The fourth-order valence-electron chi connectivity index (χ4n) is 1.79. The van der Waals surface area contributed by atoms with E-state index in [9.17, 15) is 9.70 Å². The lowest BCUT2D eigenvalue weighted by atomic mass is 10.1. The number of hydrogen-bond acceptors (Lipinski definition) is 4. The minimum absolute atomic E-state index is 0.0514. The Hall–Kier alpha value is -2.50. The number of rotatable bonds is 4. The van der Waals surface area contributed by atoms with Gasteiger partial charge in [0.2, 0.25) is 5.82 Å². The van der Waals surface area contributed by atoms with Crippen molar-refractivity contribution in [3.8, 4) is 0 Å². The molecule has 1 amide bonds. The molecular formula is C13H14N4O2. The smallest absolute Gasteiger partial charge is 0.253 e. The van der Waals surface area contributed by atoms with Crippen LogP contribution in [0.2, 0.25) is 0 Å². The van der Waals surface area contributed by atoms with Crippen molar-refractivity contribution < 1.29 is 4.79 Å². The molecule has 0 atom stereocenters. The van der Waals surface area contributed by atoms with Gasteiger partial charge in [-0.2, -0.15) is 0 Å². The van der Waals surface area contributed by atoms with Gasteiger partial charge >= 0.3 is 0 Å². The van der Waals surface area contributed by atoms with Gasteiger partial charge in [-0.15, -0.1) is 4.91 Å². The molecule has 0 bridgehead atoms. The summed E-state index contributed by atoms with van der Waals surface area (Å²) >= 11 is 0. The van der Waals surface area contributed by atoms with Crippen molar-refractivity contribution in [3.63, 3.8) is 0 Å². The Morgan fingerprint density at radius 2 is 2.11 bits per heavy atom. The Kier molecular flexibility index (Phi) is 3.70. The summed E-state index contributed by atoms with van der Waals surface area (Å²) in [7, 11) is 3.43. The third-order valence-electron chi connectivity index (χ3n) is 2.72. The Bertz CT molecular complexity index is 604.